The van der Waals surface area contributed by atoms with E-state index in [1.165, 1.54) is 12.5 Å². The number of rotatable bonds is 6. The standard InChI is InChI=1S/C18H22N2O5S/c1-13(21)4-7-19-26(23,24)17-3-2-14-5-8-20(11-16(14)10-17)18(22)15-6-9-25-12-15/h2-3,6,9-10,12-13,19,21H,4-5,7-8,11H2,1H3. The van der Waals surface area contributed by atoms with E-state index in [1.54, 1.807) is 36.1 Å². The Morgan fingerprint density at radius 2 is 2.15 bits per heavy atom. The van der Waals surface area contributed by atoms with Crippen LogP contribution in [0, 0.1) is 0 Å². The Kier molecular flexibility index (Phi) is 5.45. The summed E-state index contributed by atoms with van der Waals surface area (Å²) in [5, 5.41) is 9.26. The third kappa shape index (κ3) is 4.14. The molecule has 2 aromatic rings. The minimum Gasteiger partial charge on any atom is -0.472 e. The Bertz CT molecular complexity index is 875. The number of sulfonamides is 1. The van der Waals surface area contributed by atoms with Crippen LogP contribution < -0.4 is 4.72 Å². The molecule has 0 fully saturated rings. The lowest BCUT2D eigenvalue weighted by Crippen LogP contribution is -2.36. The predicted octanol–water partition coefficient (Wildman–Crippen LogP) is 1.53. The van der Waals surface area contributed by atoms with E-state index in [2.05, 4.69) is 4.72 Å². The van der Waals surface area contributed by atoms with Gasteiger partial charge < -0.3 is 14.4 Å². The van der Waals surface area contributed by atoms with E-state index >= 15 is 0 Å². The number of benzene rings is 1. The van der Waals surface area contributed by atoms with Gasteiger partial charge in [-0.05, 0) is 49.1 Å². The minimum absolute atomic E-state index is 0.132. The summed E-state index contributed by atoms with van der Waals surface area (Å²) in [6.45, 7) is 2.72. The van der Waals surface area contributed by atoms with Crippen molar-refractivity contribution in [2.24, 2.45) is 0 Å². The highest BCUT2D eigenvalue weighted by Crippen LogP contribution is 2.24. The van der Waals surface area contributed by atoms with Crippen LogP contribution in [0.1, 0.15) is 34.8 Å². The molecule has 0 radical (unpaired) electrons. The number of nitrogens with one attached hydrogen (secondary N) is 1. The molecule has 1 atom stereocenters. The van der Waals surface area contributed by atoms with Crippen molar-refractivity contribution in [2.75, 3.05) is 13.1 Å². The van der Waals surface area contributed by atoms with Crippen LogP contribution in [0.4, 0.5) is 0 Å². The third-order valence-corrected chi connectivity index (χ3v) is 5.87. The zero-order chi connectivity index (χ0) is 18.7. The Hall–Kier alpha value is -2.16. The van der Waals surface area contributed by atoms with E-state index in [1.807, 2.05) is 0 Å². The first kappa shape index (κ1) is 18.6. The van der Waals surface area contributed by atoms with Crippen molar-refractivity contribution < 1.29 is 22.7 Å². The van der Waals surface area contributed by atoms with Gasteiger partial charge in [0.1, 0.15) is 6.26 Å². The second kappa shape index (κ2) is 7.61. The molecule has 1 unspecified atom stereocenters. The zero-order valence-corrected chi connectivity index (χ0v) is 15.3. The number of amides is 1. The summed E-state index contributed by atoms with van der Waals surface area (Å²) in [6, 6.07) is 6.62. The van der Waals surface area contributed by atoms with E-state index in [0.29, 0.717) is 31.5 Å². The number of hydrogen-bond acceptors (Lipinski definition) is 5. The molecule has 1 aromatic heterocycles. The van der Waals surface area contributed by atoms with Crippen LogP contribution in [0.15, 0.2) is 46.1 Å². The predicted molar refractivity (Wildman–Crippen MR) is 95.1 cm³/mol. The molecular formula is C18H22N2O5S. The van der Waals surface area contributed by atoms with Crippen molar-refractivity contribution in [3.63, 3.8) is 0 Å². The summed E-state index contributed by atoms with van der Waals surface area (Å²) < 4.78 is 32.3. The second-order valence-corrected chi connectivity index (χ2v) is 8.22. The van der Waals surface area contributed by atoms with Crippen molar-refractivity contribution in [2.45, 2.75) is 37.3 Å². The first-order chi connectivity index (χ1) is 12.4. The summed E-state index contributed by atoms with van der Waals surface area (Å²) in [7, 11) is -3.65. The number of aliphatic hydroxyl groups excluding tert-OH is 1. The Morgan fingerprint density at radius 1 is 1.35 bits per heavy atom. The van der Waals surface area contributed by atoms with Gasteiger partial charge in [-0.3, -0.25) is 4.79 Å². The maximum Gasteiger partial charge on any atom is 0.257 e. The highest BCUT2D eigenvalue weighted by atomic mass is 32.2. The molecule has 7 nitrogen and oxygen atoms in total. The van der Waals surface area contributed by atoms with Gasteiger partial charge in [0.15, 0.2) is 0 Å². The highest BCUT2D eigenvalue weighted by molar-refractivity contribution is 7.89. The number of furan rings is 1. The molecule has 2 heterocycles. The summed E-state index contributed by atoms with van der Waals surface area (Å²) in [5.74, 6) is -0.132. The van der Waals surface area contributed by atoms with E-state index in [4.69, 9.17) is 4.42 Å². The summed E-state index contributed by atoms with van der Waals surface area (Å²) in [6.07, 6.45) is 3.31. The lowest BCUT2D eigenvalue weighted by molar-refractivity contribution is 0.0734. The number of nitrogens with zero attached hydrogens (tertiary/aromatic N) is 1. The lowest BCUT2D eigenvalue weighted by Gasteiger charge is -2.29. The van der Waals surface area contributed by atoms with Gasteiger partial charge in [-0.25, -0.2) is 13.1 Å². The molecule has 1 amide bonds. The maximum atomic E-state index is 12.5. The number of aliphatic hydroxyl groups is 1. The van der Waals surface area contributed by atoms with Crippen molar-refractivity contribution in [3.05, 3.63) is 53.5 Å². The van der Waals surface area contributed by atoms with Gasteiger partial charge in [0.2, 0.25) is 10.0 Å². The Labute approximate surface area is 152 Å². The lowest BCUT2D eigenvalue weighted by atomic mass is 9.99. The molecule has 1 aromatic carbocycles. The Morgan fingerprint density at radius 3 is 2.85 bits per heavy atom. The fraction of sp³-hybridized carbons (Fsp3) is 0.389. The Balaban J connectivity index is 1.76. The molecule has 0 bridgehead atoms. The fourth-order valence-corrected chi connectivity index (χ4v) is 4.03. The molecule has 1 aliphatic rings. The van der Waals surface area contributed by atoms with E-state index in [9.17, 15) is 18.3 Å². The van der Waals surface area contributed by atoms with E-state index in [0.717, 1.165) is 11.1 Å². The van der Waals surface area contributed by atoms with Crippen molar-refractivity contribution in [1.82, 2.24) is 9.62 Å². The number of carbonyl (C=O) groups is 1. The summed E-state index contributed by atoms with van der Waals surface area (Å²) in [4.78, 5) is 14.3. The average Bonchev–Trinajstić information content (AvgIpc) is 3.14. The molecule has 0 saturated heterocycles. The van der Waals surface area contributed by atoms with Crippen molar-refractivity contribution in [1.29, 1.82) is 0 Å². The van der Waals surface area contributed by atoms with Gasteiger partial charge in [-0.1, -0.05) is 6.07 Å². The summed E-state index contributed by atoms with van der Waals surface area (Å²) in [5.41, 5.74) is 2.35. The molecule has 3 rings (SSSR count). The smallest absolute Gasteiger partial charge is 0.257 e. The second-order valence-electron chi connectivity index (χ2n) is 6.45. The van der Waals surface area contributed by atoms with E-state index < -0.39 is 16.1 Å². The van der Waals surface area contributed by atoms with Crippen LogP contribution in [-0.4, -0.2) is 43.5 Å². The molecule has 26 heavy (non-hydrogen) atoms. The molecule has 0 aliphatic carbocycles. The SMILES string of the molecule is CC(O)CCNS(=O)(=O)c1ccc2c(c1)CN(C(=O)c1ccoc1)CC2. The zero-order valence-electron chi connectivity index (χ0n) is 14.5. The fourth-order valence-electron chi connectivity index (χ4n) is 2.93. The molecule has 2 N–H and O–H groups in total. The van der Waals surface area contributed by atoms with Crippen molar-refractivity contribution in [3.8, 4) is 0 Å². The topological polar surface area (TPSA) is 99.9 Å². The molecule has 8 heteroatoms. The normalized spacial score (nSPS) is 15.5. The first-order valence-electron chi connectivity index (χ1n) is 8.48. The van der Waals surface area contributed by atoms with Gasteiger partial charge >= 0.3 is 0 Å². The molecule has 0 saturated carbocycles. The van der Waals surface area contributed by atoms with Gasteiger partial charge in [-0.15, -0.1) is 0 Å². The number of hydrogen-bond donors (Lipinski definition) is 2. The molecule has 140 valence electrons. The first-order valence-corrected chi connectivity index (χ1v) is 9.96. The average molecular weight is 378 g/mol. The van der Waals surface area contributed by atoms with Crippen LogP contribution in [0.25, 0.3) is 0 Å². The van der Waals surface area contributed by atoms with Gasteiger partial charge in [-0.2, -0.15) is 0 Å². The van der Waals surface area contributed by atoms with Crippen LogP contribution >= 0.6 is 0 Å². The summed E-state index contributed by atoms with van der Waals surface area (Å²) >= 11 is 0. The van der Waals surface area contributed by atoms with Crippen LogP contribution in [0.5, 0.6) is 0 Å². The molecule has 0 spiro atoms. The van der Waals surface area contributed by atoms with Crippen molar-refractivity contribution >= 4 is 15.9 Å². The van der Waals surface area contributed by atoms with Gasteiger partial charge in [0.05, 0.1) is 22.8 Å². The molecular weight excluding hydrogens is 356 g/mol. The van der Waals surface area contributed by atoms with Gasteiger partial charge in [0, 0.05) is 19.6 Å². The number of carbonyl (C=O) groups excluding carboxylic acids is 1. The monoisotopic (exact) mass is 378 g/mol. The quantitative estimate of drug-likeness (QED) is 0.794. The molecule has 1 aliphatic heterocycles. The van der Waals surface area contributed by atoms with Crippen LogP contribution in [0.3, 0.4) is 0 Å². The minimum atomic E-state index is -3.65. The van der Waals surface area contributed by atoms with Crippen LogP contribution in [-0.2, 0) is 23.0 Å². The maximum absolute atomic E-state index is 12.5. The highest BCUT2D eigenvalue weighted by Gasteiger charge is 2.24. The van der Waals surface area contributed by atoms with Crippen LogP contribution in [0.2, 0.25) is 0 Å². The largest absolute Gasteiger partial charge is 0.472 e. The van der Waals surface area contributed by atoms with E-state index in [-0.39, 0.29) is 17.3 Å². The van der Waals surface area contributed by atoms with Gasteiger partial charge in [0.25, 0.3) is 5.91 Å². The third-order valence-electron chi connectivity index (χ3n) is 4.41. The number of fused-ring (bicyclic) bond motifs is 1.